The first-order valence-electron chi connectivity index (χ1n) is 11.6. The first kappa shape index (κ1) is 22.9. The van der Waals surface area contributed by atoms with Gasteiger partial charge in [0.15, 0.2) is 5.65 Å². The van der Waals surface area contributed by atoms with Crippen molar-refractivity contribution in [3.63, 3.8) is 0 Å². The lowest BCUT2D eigenvalue weighted by Gasteiger charge is -2.19. The van der Waals surface area contributed by atoms with Crippen molar-refractivity contribution in [3.05, 3.63) is 82.3 Å². The first-order valence-corrected chi connectivity index (χ1v) is 11.6. The second-order valence-corrected chi connectivity index (χ2v) is 9.72. The minimum Gasteiger partial charge on any atom is -0.324 e. The van der Waals surface area contributed by atoms with Gasteiger partial charge in [0, 0.05) is 41.3 Å². The van der Waals surface area contributed by atoms with Crippen LogP contribution < -0.4 is 16.2 Å². The molecular weight excluding hydrogens is 445 g/mol. The van der Waals surface area contributed by atoms with E-state index in [0.29, 0.717) is 35.4 Å². The van der Waals surface area contributed by atoms with E-state index in [-0.39, 0.29) is 22.7 Å². The van der Waals surface area contributed by atoms with E-state index < -0.39 is 0 Å². The zero-order valence-corrected chi connectivity index (χ0v) is 20.1. The zero-order valence-electron chi connectivity index (χ0n) is 20.1. The Morgan fingerprint density at radius 3 is 2.86 bits per heavy atom. The van der Waals surface area contributed by atoms with Gasteiger partial charge < -0.3 is 10.6 Å². The van der Waals surface area contributed by atoms with Gasteiger partial charge in [0.2, 0.25) is 5.95 Å². The van der Waals surface area contributed by atoms with E-state index in [1.165, 1.54) is 12.3 Å². The van der Waals surface area contributed by atoms with Crippen molar-refractivity contribution in [1.82, 2.24) is 29.6 Å². The average Bonchev–Trinajstić information content (AvgIpc) is 3.10. The predicted molar refractivity (Wildman–Crippen MR) is 135 cm³/mol. The molecule has 0 spiro atoms. The molecule has 0 aliphatic carbocycles. The number of nitrogens with one attached hydrogen (secondary N) is 2. The SMILES string of the molecule is C=CCn1c(=O)c2cnc(Nc3cc(F)c4c(c3)CCNC4)nc2n1-c1ccnc(C(C)(C)C)c1. The summed E-state index contributed by atoms with van der Waals surface area (Å²) in [5.74, 6) is 0.0132. The largest absolute Gasteiger partial charge is 0.324 e. The Hall–Kier alpha value is -3.85. The maximum absolute atomic E-state index is 14.7. The van der Waals surface area contributed by atoms with E-state index in [2.05, 4.69) is 52.9 Å². The normalized spacial score (nSPS) is 13.6. The Morgan fingerprint density at radius 1 is 1.26 bits per heavy atom. The lowest BCUT2D eigenvalue weighted by Crippen LogP contribution is -2.24. The smallest absolute Gasteiger partial charge is 0.278 e. The fourth-order valence-electron chi connectivity index (χ4n) is 4.35. The number of fused-ring (bicyclic) bond motifs is 2. The van der Waals surface area contributed by atoms with Gasteiger partial charge in [-0.1, -0.05) is 26.8 Å². The van der Waals surface area contributed by atoms with Crippen LogP contribution in [-0.2, 0) is 24.9 Å². The van der Waals surface area contributed by atoms with Crippen LogP contribution >= 0.6 is 0 Å². The van der Waals surface area contributed by atoms with Gasteiger partial charge in [-0.15, -0.1) is 6.58 Å². The minimum atomic E-state index is -0.265. The van der Waals surface area contributed by atoms with E-state index in [0.717, 1.165) is 29.9 Å². The molecule has 180 valence electrons. The van der Waals surface area contributed by atoms with E-state index in [9.17, 15) is 9.18 Å². The second kappa shape index (κ2) is 8.74. The molecule has 3 aromatic heterocycles. The lowest BCUT2D eigenvalue weighted by atomic mass is 9.91. The highest BCUT2D eigenvalue weighted by Crippen LogP contribution is 2.26. The quantitative estimate of drug-likeness (QED) is 0.426. The number of halogens is 1. The second-order valence-electron chi connectivity index (χ2n) is 9.72. The van der Waals surface area contributed by atoms with Crippen LogP contribution in [0.15, 0.2) is 54.1 Å². The summed E-state index contributed by atoms with van der Waals surface area (Å²) in [4.78, 5) is 26.7. The van der Waals surface area contributed by atoms with Gasteiger partial charge in [-0.3, -0.25) is 9.78 Å². The number of allylic oxidation sites excluding steroid dienone is 1. The zero-order chi connectivity index (χ0) is 24.7. The van der Waals surface area contributed by atoms with Gasteiger partial charge in [0.25, 0.3) is 5.56 Å². The summed E-state index contributed by atoms with van der Waals surface area (Å²) < 4.78 is 18.0. The number of hydrogen-bond donors (Lipinski definition) is 2. The summed E-state index contributed by atoms with van der Waals surface area (Å²) >= 11 is 0. The molecule has 2 N–H and O–H groups in total. The molecule has 0 atom stereocenters. The highest BCUT2D eigenvalue weighted by atomic mass is 19.1. The van der Waals surface area contributed by atoms with Crippen molar-refractivity contribution in [1.29, 1.82) is 0 Å². The van der Waals surface area contributed by atoms with Crippen molar-refractivity contribution in [2.45, 2.75) is 45.7 Å². The van der Waals surface area contributed by atoms with Gasteiger partial charge in [-0.25, -0.2) is 18.7 Å². The summed E-state index contributed by atoms with van der Waals surface area (Å²) in [7, 11) is 0. The van der Waals surface area contributed by atoms with E-state index in [4.69, 9.17) is 0 Å². The molecule has 4 heterocycles. The number of pyridine rings is 1. The molecule has 1 aliphatic rings. The van der Waals surface area contributed by atoms with Crippen molar-refractivity contribution in [2.24, 2.45) is 0 Å². The number of rotatable bonds is 5. The number of benzene rings is 1. The highest BCUT2D eigenvalue weighted by molar-refractivity contribution is 5.77. The average molecular weight is 474 g/mol. The maximum Gasteiger partial charge on any atom is 0.278 e. The number of anilines is 2. The molecule has 0 fully saturated rings. The molecule has 4 aromatic rings. The highest BCUT2D eigenvalue weighted by Gasteiger charge is 2.21. The maximum atomic E-state index is 14.7. The molecule has 1 aromatic carbocycles. The molecule has 0 saturated heterocycles. The van der Waals surface area contributed by atoms with Crippen LogP contribution in [0.3, 0.4) is 0 Å². The number of aromatic nitrogens is 5. The number of nitrogens with zero attached hydrogens (tertiary/aromatic N) is 5. The van der Waals surface area contributed by atoms with Crippen LogP contribution in [0, 0.1) is 5.82 Å². The Morgan fingerprint density at radius 2 is 2.09 bits per heavy atom. The van der Waals surface area contributed by atoms with Crippen molar-refractivity contribution in [3.8, 4) is 5.69 Å². The van der Waals surface area contributed by atoms with Crippen LogP contribution in [0.4, 0.5) is 16.0 Å². The van der Waals surface area contributed by atoms with E-state index >= 15 is 0 Å². The lowest BCUT2D eigenvalue weighted by molar-refractivity contribution is 0.563. The van der Waals surface area contributed by atoms with Crippen LogP contribution in [0.5, 0.6) is 0 Å². The van der Waals surface area contributed by atoms with Crippen LogP contribution in [0.1, 0.15) is 37.6 Å². The summed E-state index contributed by atoms with van der Waals surface area (Å²) in [6.45, 7) is 11.7. The molecule has 0 radical (unpaired) electrons. The van der Waals surface area contributed by atoms with E-state index in [1.54, 1.807) is 21.6 Å². The monoisotopic (exact) mass is 473 g/mol. The molecule has 8 nitrogen and oxygen atoms in total. The Bertz CT molecular complexity index is 1500. The van der Waals surface area contributed by atoms with Gasteiger partial charge in [-0.2, -0.15) is 4.98 Å². The Balaban J connectivity index is 1.63. The van der Waals surface area contributed by atoms with Gasteiger partial charge in [0.1, 0.15) is 11.2 Å². The predicted octanol–water partition coefficient (Wildman–Crippen LogP) is 3.99. The molecule has 0 unspecified atom stereocenters. The summed E-state index contributed by atoms with van der Waals surface area (Å²) in [5, 5.41) is 6.70. The van der Waals surface area contributed by atoms with Gasteiger partial charge >= 0.3 is 0 Å². The third-order valence-corrected chi connectivity index (χ3v) is 6.15. The van der Waals surface area contributed by atoms with E-state index in [1.807, 2.05) is 18.2 Å². The molecular formula is C26H28FN7O. The molecule has 35 heavy (non-hydrogen) atoms. The Kier molecular flexibility index (Phi) is 5.72. The fraction of sp³-hybridized carbons (Fsp3) is 0.308. The van der Waals surface area contributed by atoms with Crippen LogP contribution in [0.25, 0.3) is 16.7 Å². The van der Waals surface area contributed by atoms with Crippen LogP contribution in [0.2, 0.25) is 0 Å². The molecule has 9 heteroatoms. The summed E-state index contributed by atoms with van der Waals surface area (Å²) in [5.41, 5.74) is 3.94. The molecule has 1 aliphatic heterocycles. The fourth-order valence-corrected chi connectivity index (χ4v) is 4.35. The van der Waals surface area contributed by atoms with Crippen molar-refractivity contribution in [2.75, 3.05) is 11.9 Å². The third kappa shape index (κ3) is 4.23. The standard InChI is InChI=1S/C26H28FN7O/c1-5-10-33-24(35)20-15-30-25(31-17-11-16-6-8-28-14-19(16)21(27)12-17)32-23(20)34(33)18-7-9-29-22(13-18)26(2,3)4/h5,7,9,11-13,15,28H,1,6,8,10,14H2,2-4H3,(H,30,31,32). The summed E-state index contributed by atoms with van der Waals surface area (Å²) in [6.07, 6.45) is 5.66. The molecule has 0 amide bonds. The molecule has 5 rings (SSSR count). The van der Waals surface area contributed by atoms with Crippen molar-refractivity contribution >= 4 is 22.7 Å². The van der Waals surface area contributed by atoms with Crippen LogP contribution in [-0.4, -0.2) is 30.9 Å². The Labute approximate surface area is 202 Å². The van der Waals surface area contributed by atoms with Gasteiger partial charge in [-0.05, 0) is 42.8 Å². The first-order chi connectivity index (χ1) is 16.8. The molecule has 0 bridgehead atoms. The minimum absolute atomic E-state index is 0.170. The summed E-state index contributed by atoms with van der Waals surface area (Å²) in [6, 6.07) is 7.19. The topological polar surface area (TPSA) is 89.7 Å². The van der Waals surface area contributed by atoms with Crippen molar-refractivity contribution < 1.29 is 4.39 Å². The van der Waals surface area contributed by atoms with Gasteiger partial charge in [0.05, 0.1) is 12.2 Å². The third-order valence-electron chi connectivity index (χ3n) is 6.15. The molecule has 0 saturated carbocycles. The number of hydrogen-bond acceptors (Lipinski definition) is 6.